The SMILES string of the molecule is CC1CCCC(NCC2CCCC2)CC1. The summed E-state index contributed by atoms with van der Waals surface area (Å²) in [6, 6.07) is 0.843. The minimum Gasteiger partial charge on any atom is -0.314 e. The Balaban J connectivity index is 1.64. The first kappa shape index (κ1) is 11.4. The second kappa shape index (κ2) is 5.89. The van der Waals surface area contributed by atoms with Gasteiger partial charge in [0.15, 0.2) is 0 Å². The van der Waals surface area contributed by atoms with Gasteiger partial charge in [-0.1, -0.05) is 32.6 Å². The summed E-state index contributed by atoms with van der Waals surface area (Å²) in [6.45, 7) is 3.72. The summed E-state index contributed by atoms with van der Waals surface area (Å²) >= 11 is 0. The first-order chi connectivity index (χ1) is 7.34. The van der Waals surface area contributed by atoms with Crippen molar-refractivity contribution >= 4 is 0 Å². The van der Waals surface area contributed by atoms with Crippen molar-refractivity contribution in [3.8, 4) is 0 Å². The highest BCUT2D eigenvalue weighted by atomic mass is 14.9. The van der Waals surface area contributed by atoms with E-state index >= 15 is 0 Å². The van der Waals surface area contributed by atoms with E-state index in [1.54, 1.807) is 0 Å². The van der Waals surface area contributed by atoms with Gasteiger partial charge in [0.05, 0.1) is 0 Å². The lowest BCUT2D eigenvalue weighted by Gasteiger charge is -2.19. The first-order valence-electron chi connectivity index (χ1n) is 7.08. The Morgan fingerprint density at radius 3 is 2.47 bits per heavy atom. The molecule has 1 heteroatoms. The van der Waals surface area contributed by atoms with Crippen LogP contribution < -0.4 is 5.32 Å². The largest absolute Gasteiger partial charge is 0.314 e. The lowest BCUT2D eigenvalue weighted by molar-refractivity contribution is 0.398. The normalized spacial score (nSPS) is 34.2. The Morgan fingerprint density at radius 1 is 0.867 bits per heavy atom. The molecule has 0 radical (unpaired) electrons. The monoisotopic (exact) mass is 209 g/mol. The Labute approximate surface area is 95.0 Å². The molecule has 0 heterocycles. The van der Waals surface area contributed by atoms with Crippen LogP contribution in [0.4, 0.5) is 0 Å². The average Bonchev–Trinajstić information content (AvgIpc) is 2.66. The van der Waals surface area contributed by atoms with Crippen LogP contribution in [-0.4, -0.2) is 12.6 Å². The van der Waals surface area contributed by atoms with E-state index in [1.165, 1.54) is 64.3 Å². The summed E-state index contributed by atoms with van der Waals surface area (Å²) in [6.07, 6.45) is 13.1. The molecule has 2 unspecified atom stereocenters. The van der Waals surface area contributed by atoms with Crippen LogP contribution >= 0.6 is 0 Å². The predicted octanol–water partition coefficient (Wildman–Crippen LogP) is 3.74. The summed E-state index contributed by atoms with van der Waals surface area (Å²) in [7, 11) is 0. The molecule has 88 valence electrons. The van der Waals surface area contributed by atoms with Crippen molar-refractivity contribution in [2.75, 3.05) is 6.54 Å². The fourth-order valence-corrected chi connectivity index (χ4v) is 3.24. The molecule has 2 saturated carbocycles. The number of nitrogens with one attached hydrogen (secondary N) is 1. The van der Waals surface area contributed by atoms with Crippen LogP contribution in [0.1, 0.15) is 64.7 Å². The highest BCUT2D eigenvalue weighted by Gasteiger charge is 2.19. The molecular formula is C14H27N. The van der Waals surface area contributed by atoms with E-state index in [0.29, 0.717) is 0 Å². The molecule has 0 aromatic heterocycles. The van der Waals surface area contributed by atoms with Crippen molar-refractivity contribution in [2.45, 2.75) is 70.8 Å². The average molecular weight is 209 g/mol. The zero-order chi connectivity index (χ0) is 10.5. The van der Waals surface area contributed by atoms with E-state index in [1.807, 2.05) is 0 Å². The van der Waals surface area contributed by atoms with Crippen LogP contribution in [-0.2, 0) is 0 Å². The molecule has 15 heavy (non-hydrogen) atoms. The van der Waals surface area contributed by atoms with Crippen LogP contribution in [0.25, 0.3) is 0 Å². The van der Waals surface area contributed by atoms with Crippen LogP contribution in [0.3, 0.4) is 0 Å². The Kier molecular flexibility index (Phi) is 4.49. The predicted molar refractivity (Wildman–Crippen MR) is 66.0 cm³/mol. The molecule has 2 rings (SSSR count). The van der Waals surface area contributed by atoms with Crippen molar-refractivity contribution in [1.29, 1.82) is 0 Å². The zero-order valence-electron chi connectivity index (χ0n) is 10.3. The maximum absolute atomic E-state index is 3.82. The van der Waals surface area contributed by atoms with Crippen LogP contribution in [0.5, 0.6) is 0 Å². The van der Waals surface area contributed by atoms with E-state index in [-0.39, 0.29) is 0 Å². The molecule has 0 spiro atoms. The fourth-order valence-electron chi connectivity index (χ4n) is 3.24. The molecule has 2 aliphatic rings. The van der Waals surface area contributed by atoms with Gasteiger partial charge in [-0.25, -0.2) is 0 Å². The topological polar surface area (TPSA) is 12.0 Å². The van der Waals surface area contributed by atoms with Gasteiger partial charge in [0.25, 0.3) is 0 Å². The third-order valence-electron chi connectivity index (χ3n) is 4.43. The molecule has 0 aliphatic heterocycles. The van der Waals surface area contributed by atoms with Crippen molar-refractivity contribution in [3.63, 3.8) is 0 Å². The van der Waals surface area contributed by atoms with Crippen LogP contribution in [0.2, 0.25) is 0 Å². The molecule has 0 aromatic carbocycles. The van der Waals surface area contributed by atoms with E-state index in [4.69, 9.17) is 0 Å². The van der Waals surface area contributed by atoms with Crippen LogP contribution in [0.15, 0.2) is 0 Å². The second-order valence-corrected chi connectivity index (χ2v) is 5.87. The minimum absolute atomic E-state index is 0.843. The van der Waals surface area contributed by atoms with E-state index in [0.717, 1.165) is 17.9 Å². The minimum atomic E-state index is 0.843. The second-order valence-electron chi connectivity index (χ2n) is 5.87. The van der Waals surface area contributed by atoms with E-state index < -0.39 is 0 Å². The smallest absolute Gasteiger partial charge is 0.00672 e. The number of hydrogen-bond acceptors (Lipinski definition) is 1. The summed E-state index contributed by atoms with van der Waals surface area (Å²) in [5, 5.41) is 3.82. The van der Waals surface area contributed by atoms with Gasteiger partial charge in [-0.2, -0.15) is 0 Å². The molecule has 0 amide bonds. The Hall–Kier alpha value is -0.0400. The molecule has 1 N–H and O–H groups in total. The summed E-state index contributed by atoms with van der Waals surface area (Å²) in [5.74, 6) is 1.98. The molecule has 0 aromatic rings. The molecule has 0 bridgehead atoms. The van der Waals surface area contributed by atoms with Crippen molar-refractivity contribution < 1.29 is 0 Å². The fraction of sp³-hybridized carbons (Fsp3) is 1.00. The number of hydrogen-bond donors (Lipinski definition) is 1. The molecule has 2 fully saturated rings. The summed E-state index contributed by atoms with van der Waals surface area (Å²) in [5.41, 5.74) is 0. The van der Waals surface area contributed by atoms with E-state index in [2.05, 4.69) is 12.2 Å². The third-order valence-corrected chi connectivity index (χ3v) is 4.43. The van der Waals surface area contributed by atoms with Crippen molar-refractivity contribution in [3.05, 3.63) is 0 Å². The standard InChI is InChI=1S/C14H27N/c1-12-5-4-8-14(10-9-12)15-11-13-6-2-3-7-13/h12-15H,2-11H2,1H3. The lowest BCUT2D eigenvalue weighted by atomic mass is 10.0. The quantitative estimate of drug-likeness (QED) is 0.698. The summed E-state index contributed by atoms with van der Waals surface area (Å²) < 4.78 is 0. The third kappa shape index (κ3) is 3.79. The zero-order valence-corrected chi connectivity index (χ0v) is 10.3. The maximum atomic E-state index is 3.82. The van der Waals surface area contributed by atoms with Crippen molar-refractivity contribution in [1.82, 2.24) is 5.32 Å². The molecular weight excluding hydrogens is 182 g/mol. The van der Waals surface area contributed by atoms with Gasteiger partial charge in [-0.3, -0.25) is 0 Å². The molecule has 2 aliphatic carbocycles. The highest BCUT2D eigenvalue weighted by molar-refractivity contribution is 4.76. The van der Waals surface area contributed by atoms with Crippen molar-refractivity contribution in [2.24, 2.45) is 11.8 Å². The van der Waals surface area contributed by atoms with Gasteiger partial charge in [0.1, 0.15) is 0 Å². The lowest BCUT2D eigenvalue weighted by Crippen LogP contribution is -2.32. The van der Waals surface area contributed by atoms with Gasteiger partial charge >= 0.3 is 0 Å². The number of rotatable bonds is 3. The maximum Gasteiger partial charge on any atom is 0.00672 e. The highest BCUT2D eigenvalue weighted by Crippen LogP contribution is 2.26. The summed E-state index contributed by atoms with van der Waals surface area (Å²) in [4.78, 5) is 0. The van der Waals surface area contributed by atoms with Gasteiger partial charge in [-0.15, -0.1) is 0 Å². The Bertz CT molecular complexity index is 172. The molecule has 1 nitrogen and oxygen atoms in total. The first-order valence-corrected chi connectivity index (χ1v) is 7.08. The van der Waals surface area contributed by atoms with Gasteiger partial charge < -0.3 is 5.32 Å². The van der Waals surface area contributed by atoms with Gasteiger partial charge in [-0.05, 0) is 50.5 Å². The van der Waals surface area contributed by atoms with Crippen LogP contribution in [0, 0.1) is 11.8 Å². The van der Waals surface area contributed by atoms with Gasteiger partial charge in [0, 0.05) is 6.04 Å². The molecule has 2 atom stereocenters. The molecule has 0 saturated heterocycles. The van der Waals surface area contributed by atoms with E-state index in [9.17, 15) is 0 Å². The Morgan fingerprint density at radius 2 is 1.67 bits per heavy atom. The van der Waals surface area contributed by atoms with Gasteiger partial charge in [0.2, 0.25) is 0 Å².